The molecular weight excluding hydrogens is 434 g/mol. The van der Waals surface area contributed by atoms with Crippen molar-refractivity contribution in [2.75, 3.05) is 0 Å². The Morgan fingerprint density at radius 3 is 0.833 bits per heavy atom. The van der Waals surface area contributed by atoms with Gasteiger partial charge in [0.2, 0.25) is 0 Å². The van der Waals surface area contributed by atoms with E-state index in [1.807, 2.05) is 0 Å². The van der Waals surface area contributed by atoms with Gasteiger partial charge in [0, 0.05) is 70.7 Å². The maximum absolute atomic E-state index is 0. The molecule has 0 spiro atoms. The molecule has 0 aliphatic rings. The van der Waals surface area contributed by atoms with E-state index in [2.05, 4.69) is 0 Å². The van der Waals surface area contributed by atoms with Crippen LogP contribution in [0, 0.1) is 0 Å². The van der Waals surface area contributed by atoms with Gasteiger partial charge in [-0.05, 0) is 0 Å². The van der Waals surface area contributed by atoms with E-state index in [4.69, 9.17) is 0 Å². The van der Waals surface area contributed by atoms with Crippen molar-refractivity contribution in [2.24, 2.45) is 0 Å². The molecule has 0 fully saturated rings. The van der Waals surface area contributed by atoms with Gasteiger partial charge in [0.05, 0.1) is 0 Å². The van der Waals surface area contributed by atoms with Gasteiger partial charge in [-0.1, -0.05) is 0 Å². The van der Waals surface area contributed by atoms with Crippen molar-refractivity contribution in [1.29, 1.82) is 0 Å². The van der Waals surface area contributed by atoms with E-state index in [-0.39, 0.29) is 110 Å². The summed E-state index contributed by atoms with van der Waals surface area (Å²) in [6.45, 7) is 0. The number of hydrogen-bond donors (Lipinski definition) is 0. The molecule has 39 valence electrons. The normalized spacial score (nSPS) is 0. The number of hydrogen-bond acceptors (Lipinski definition) is 0. The van der Waals surface area contributed by atoms with E-state index in [0.29, 0.717) is 0 Å². The molecule has 0 saturated carbocycles. The van der Waals surface area contributed by atoms with Gasteiger partial charge < -0.3 is 0 Å². The van der Waals surface area contributed by atoms with E-state index in [1.54, 1.807) is 0 Å². The van der Waals surface area contributed by atoms with Gasteiger partial charge in [-0.2, -0.15) is 13.5 Å². The van der Waals surface area contributed by atoms with Crippen LogP contribution in [-0.4, -0.2) is 60.0 Å². The largest absolute Gasteiger partial charge is 0 e. The van der Waals surface area contributed by atoms with Crippen molar-refractivity contribution in [3.05, 3.63) is 0 Å². The molecule has 6 heavy (non-hydrogen) atoms. The molecule has 0 bridgehead atoms. The van der Waals surface area contributed by atoms with Crippen molar-refractivity contribution in [3.63, 3.8) is 0 Å². The van der Waals surface area contributed by atoms with Crippen molar-refractivity contribution < 1.29 is 36.5 Å². The predicted molar refractivity (Wildman–Crippen MR) is 31.8 cm³/mol. The molecule has 0 atom stereocenters. The van der Waals surface area contributed by atoms with Gasteiger partial charge in [0.1, 0.15) is 0 Å². The minimum Gasteiger partial charge on any atom is 0 e. The molecule has 0 aromatic rings. The zero-order valence-electron chi connectivity index (χ0n) is 2.33. The molecule has 0 saturated heterocycles. The van der Waals surface area contributed by atoms with Gasteiger partial charge in [-0.25, -0.2) is 0 Å². The third kappa shape index (κ3) is 26.2. The van der Waals surface area contributed by atoms with Crippen LogP contribution in [0.25, 0.3) is 0 Å². The van der Waals surface area contributed by atoms with Crippen LogP contribution in [-0.2, 0) is 36.5 Å². The molecule has 0 nitrogen and oxygen atoms in total. The summed E-state index contributed by atoms with van der Waals surface area (Å²) in [4.78, 5) is 0. The van der Waals surface area contributed by atoms with Crippen LogP contribution in [0.3, 0.4) is 0 Å². The molecule has 6 heteroatoms. The van der Waals surface area contributed by atoms with Gasteiger partial charge in [0.15, 0.2) is 0 Å². The van der Waals surface area contributed by atoms with E-state index in [1.165, 1.54) is 0 Å². The Balaban J connectivity index is 0. The summed E-state index contributed by atoms with van der Waals surface area (Å²) in [5.74, 6) is 0. The fourth-order valence-corrected chi connectivity index (χ4v) is 0. The Morgan fingerprint density at radius 2 is 0.833 bits per heavy atom. The van der Waals surface area contributed by atoms with Crippen molar-refractivity contribution in [3.8, 4) is 0 Å². The van der Waals surface area contributed by atoms with Crippen molar-refractivity contribution in [2.45, 2.75) is 0 Å². The minimum absolute atomic E-state index is 0. The average molecular weight is 439 g/mol. The Morgan fingerprint density at radius 1 is 0.833 bits per heavy atom. The van der Waals surface area contributed by atoms with Gasteiger partial charge in [0.25, 0.3) is 0 Å². The summed E-state index contributed by atoms with van der Waals surface area (Å²) in [5.41, 5.74) is 0. The van der Waals surface area contributed by atoms with Crippen molar-refractivity contribution in [1.82, 2.24) is 0 Å². The Hall–Kier alpha value is 3.40. The second-order valence-corrected chi connectivity index (χ2v) is 0. The molecule has 0 heterocycles. The topological polar surface area (TPSA) is 0 Å². The van der Waals surface area contributed by atoms with Gasteiger partial charge in [-0.15, -0.1) is 0 Å². The molecule has 0 aliphatic carbocycles. The average Bonchev–Trinajstić information content (AvgIpc) is 0. The van der Waals surface area contributed by atoms with Crippen LogP contribution in [0.5, 0.6) is 0 Å². The van der Waals surface area contributed by atoms with Crippen LogP contribution >= 0.6 is 13.5 Å². The summed E-state index contributed by atoms with van der Waals surface area (Å²) in [6, 6.07) is 0. The van der Waals surface area contributed by atoms with Crippen LogP contribution in [0.4, 0.5) is 0 Å². The monoisotopic (exact) mass is 439 g/mol. The SMILES string of the molecule is S.[Cu].[InH3].[Se].[Se].[Zn]. The van der Waals surface area contributed by atoms with E-state index in [0.717, 1.165) is 0 Å². The fraction of sp³-hybridized carbons (Fsp3) is 0. The zero-order valence-corrected chi connectivity index (χ0v) is 10.7. The molecule has 0 amide bonds. The Bertz CT molecular complexity index is 13.5. The Labute approximate surface area is 108 Å². The van der Waals surface area contributed by atoms with Gasteiger partial charge in [-0.3, -0.25) is 0 Å². The summed E-state index contributed by atoms with van der Waals surface area (Å²) in [6.07, 6.45) is 0. The van der Waals surface area contributed by atoms with Crippen molar-refractivity contribution >= 4 is 73.5 Å². The van der Waals surface area contributed by atoms with Crippen LogP contribution in [0.2, 0.25) is 0 Å². The standard InChI is InChI=1S/Cu.In.H2S.2Se.Zn.3H/h;;1H2;;;;;;. The third-order valence-electron chi connectivity index (χ3n) is 0. The first-order valence-electron chi connectivity index (χ1n) is 0. The van der Waals surface area contributed by atoms with Crippen LogP contribution < -0.4 is 0 Å². The predicted octanol–water partition coefficient (Wildman–Crippen LogP) is -1.84. The molecule has 0 aliphatic heterocycles. The quantitative estimate of drug-likeness (QED) is 0.390. The van der Waals surface area contributed by atoms with Gasteiger partial charge >= 0.3 is 25.8 Å². The molecule has 0 aromatic heterocycles. The summed E-state index contributed by atoms with van der Waals surface area (Å²) in [7, 11) is 0. The fourth-order valence-electron chi connectivity index (χ4n) is 0. The second-order valence-electron chi connectivity index (χ2n) is 0. The maximum atomic E-state index is 0. The molecule has 5 radical (unpaired) electrons. The smallest absolute Gasteiger partial charge is 0 e. The molecule has 0 aromatic carbocycles. The third-order valence-corrected chi connectivity index (χ3v) is 0. The molecule has 0 rings (SSSR count). The second kappa shape index (κ2) is 39.8. The maximum Gasteiger partial charge on any atom is 0 e. The van der Waals surface area contributed by atoms with Crippen LogP contribution in [0.1, 0.15) is 0 Å². The minimum atomic E-state index is 0. The van der Waals surface area contributed by atoms with E-state index >= 15 is 0 Å². The first kappa shape index (κ1) is 57.3. The van der Waals surface area contributed by atoms with E-state index < -0.39 is 0 Å². The zero-order chi connectivity index (χ0) is 0. The Kier molecular flexibility index (Phi) is 380. The number of rotatable bonds is 0. The molecule has 0 N–H and O–H groups in total. The molecule has 0 unspecified atom stereocenters. The summed E-state index contributed by atoms with van der Waals surface area (Å²) < 4.78 is 0. The first-order valence-corrected chi connectivity index (χ1v) is 0. The first-order chi connectivity index (χ1) is 0. The summed E-state index contributed by atoms with van der Waals surface area (Å²) >= 11 is 0. The molecular formula is H5CuInSSe2Zn. The summed E-state index contributed by atoms with van der Waals surface area (Å²) in [5, 5.41) is 0. The van der Waals surface area contributed by atoms with Crippen LogP contribution in [0.15, 0.2) is 0 Å². The van der Waals surface area contributed by atoms with E-state index in [9.17, 15) is 0 Å².